The number of hydrogen-bond acceptors (Lipinski definition) is 7. The molecule has 0 amide bonds. The minimum atomic E-state index is -3.37. The van der Waals surface area contributed by atoms with Crippen LogP contribution in [-0.2, 0) is 26.6 Å². The van der Waals surface area contributed by atoms with Gasteiger partial charge >= 0.3 is 17.6 Å². The second kappa shape index (κ2) is 37.4. The van der Waals surface area contributed by atoms with Crippen molar-refractivity contribution >= 4 is 17.6 Å². The first kappa shape index (κ1) is 54.2. The van der Waals surface area contributed by atoms with E-state index in [9.17, 15) is 0 Å². The van der Waals surface area contributed by atoms with E-state index in [0.717, 1.165) is 25.9 Å². The van der Waals surface area contributed by atoms with Gasteiger partial charge in [0.25, 0.3) is 0 Å². The molecule has 0 bridgehead atoms. The maximum atomic E-state index is 6.30. The van der Waals surface area contributed by atoms with Gasteiger partial charge in [-0.2, -0.15) is 0 Å². The Bertz CT molecular complexity index is 698. The molecule has 0 fully saturated rings. The van der Waals surface area contributed by atoms with Gasteiger partial charge in [-0.25, -0.2) is 0 Å². The second-order valence-corrected chi connectivity index (χ2v) is 23.0. The standard InChI is InChI=1S/C45H97NO6Si2/c1-10-13-15-17-19-21-23-25-27-29-31-33-35-37-39-41-43-46(45(12-3,53(47-4,48-5)49-6)54(50-7,51-8)52-9)44-42-40-38-36-34-32-30-28-26-24-22-20-18-16-14-11-2/h10-44H2,1-9H3. The Morgan fingerprint density at radius 2 is 0.481 bits per heavy atom. The number of unbranched alkanes of at least 4 members (excludes halogenated alkanes) is 30. The summed E-state index contributed by atoms with van der Waals surface area (Å²) in [6.07, 6.45) is 44.4. The van der Waals surface area contributed by atoms with Crippen LogP contribution in [0.3, 0.4) is 0 Å². The van der Waals surface area contributed by atoms with Crippen LogP contribution in [0.25, 0.3) is 0 Å². The van der Waals surface area contributed by atoms with E-state index < -0.39 is 22.4 Å². The smallest absolute Gasteiger partial charge is 0.376 e. The van der Waals surface area contributed by atoms with E-state index in [1.165, 1.54) is 193 Å². The Kier molecular flexibility index (Phi) is 37.5. The molecular weight excluding hydrogens is 707 g/mol. The van der Waals surface area contributed by atoms with Crippen LogP contribution in [0.1, 0.15) is 233 Å². The molecule has 0 saturated heterocycles. The van der Waals surface area contributed by atoms with Crippen molar-refractivity contribution in [3.63, 3.8) is 0 Å². The monoisotopic (exact) mass is 804 g/mol. The zero-order valence-corrected chi connectivity index (χ0v) is 40.1. The maximum absolute atomic E-state index is 6.30. The molecule has 0 N–H and O–H groups in total. The van der Waals surface area contributed by atoms with Gasteiger partial charge in [0.15, 0.2) is 4.79 Å². The quantitative estimate of drug-likeness (QED) is 0.0449. The van der Waals surface area contributed by atoms with E-state index in [2.05, 4.69) is 25.7 Å². The highest BCUT2D eigenvalue weighted by atomic mass is 28.5. The average molecular weight is 804 g/mol. The Morgan fingerprint density at radius 3 is 0.648 bits per heavy atom. The fraction of sp³-hybridized carbons (Fsp3) is 1.00. The molecule has 9 heteroatoms. The maximum Gasteiger partial charge on any atom is 0.526 e. The topological polar surface area (TPSA) is 58.6 Å². The minimum absolute atomic E-state index is 0.689. The third-order valence-corrected chi connectivity index (χ3v) is 20.7. The van der Waals surface area contributed by atoms with Crippen molar-refractivity contribution in [2.45, 2.75) is 237 Å². The molecule has 326 valence electrons. The lowest BCUT2D eigenvalue weighted by molar-refractivity contribution is -0.00380. The molecule has 0 saturated carbocycles. The lowest BCUT2D eigenvalue weighted by Gasteiger charge is -2.54. The summed E-state index contributed by atoms with van der Waals surface area (Å²) in [5.74, 6) is 0. The second-order valence-electron chi connectivity index (χ2n) is 16.1. The van der Waals surface area contributed by atoms with Crippen molar-refractivity contribution in [1.82, 2.24) is 4.90 Å². The van der Waals surface area contributed by atoms with Gasteiger partial charge in [0.1, 0.15) is 0 Å². The lowest BCUT2D eigenvalue weighted by atomic mass is 10.0. The summed E-state index contributed by atoms with van der Waals surface area (Å²) in [7, 11) is 3.55. The molecule has 0 aliphatic heterocycles. The van der Waals surface area contributed by atoms with E-state index in [4.69, 9.17) is 26.6 Å². The summed E-state index contributed by atoms with van der Waals surface area (Å²) in [5.41, 5.74) is 0. The van der Waals surface area contributed by atoms with Gasteiger partial charge in [0.05, 0.1) is 0 Å². The van der Waals surface area contributed by atoms with Gasteiger partial charge < -0.3 is 26.6 Å². The largest absolute Gasteiger partial charge is 0.526 e. The van der Waals surface area contributed by atoms with Crippen molar-refractivity contribution in [2.75, 3.05) is 55.7 Å². The van der Waals surface area contributed by atoms with Gasteiger partial charge in [0.2, 0.25) is 0 Å². The van der Waals surface area contributed by atoms with Crippen LogP contribution >= 0.6 is 0 Å². The molecule has 0 rings (SSSR count). The number of rotatable bonds is 44. The fourth-order valence-electron chi connectivity index (χ4n) is 8.94. The third-order valence-electron chi connectivity index (χ3n) is 12.2. The summed E-state index contributed by atoms with van der Waals surface area (Å²) >= 11 is 0. The lowest BCUT2D eigenvalue weighted by Crippen LogP contribution is -2.84. The van der Waals surface area contributed by atoms with Crippen LogP contribution in [0, 0.1) is 0 Å². The van der Waals surface area contributed by atoms with Gasteiger partial charge in [-0.15, -0.1) is 0 Å². The summed E-state index contributed by atoms with van der Waals surface area (Å²) in [5, 5.41) is 0. The molecule has 0 aliphatic rings. The van der Waals surface area contributed by atoms with Gasteiger partial charge in [-0.1, -0.05) is 213 Å². The molecule has 0 unspecified atom stereocenters. The highest BCUT2D eigenvalue weighted by Crippen LogP contribution is 2.42. The van der Waals surface area contributed by atoms with Crippen LogP contribution in [0.2, 0.25) is 0 Å². The van der Waals surface area contributed by atoms with Crippen molar-refractivity contribution < 1.29 is 26.6 Å². The zero-order chi connectivity index (χ0) is 40.1. The predicted molar refractivity (Wildman–Crippen MR) is 237 cm³/mol. The van der Waals surface area contributed by atoms with Crippen molar-refractivity contribution in [1.29, 1.82) is 0 Å². The first-order chi connectivity index (χ1) is 26.4. The summed E-state index contributed by atoms with van der Waals surface area (Å²) in [4.78, 5) is 1.80. The Labute approximate surface area is 341 Å². The van der Waals surface area contributed by atoms with Gasteiger partial charge in [-0.05, 0) is 32.4 Å². The fourth-order valence-corrected chi connectivity index (χ4v) is 17.4. The highest BCUT2D eigenvalue weighted by molar-refractivity contribution is 6.85. The molecule has 0 heterocycles. The summed E-state index contributed by atoms with van der Waals surface area (Å²) in [6, 6.07) is 0. The molecule has 0 aliphatic carbocycles. The highest BCUT2D eigenvalue weighted by Gasteiger charge is 2.77. The molecule has 7 nitrogen and oxygen atoms in total. The first-order valence-electron chi connectivity index (χ1n) is 23.5. The van der Waals surface area contributed by atoms with E-state index in [0.29, 0.717) is 6.42 Å². The normalized spacial score (nSPS) is 12.8. The van der Waals surface area contributed by atoms with E-state index in [-0.39, 0.29) is 0 Å². The number of nitrogens with zero attached hydrogens (tertiary/aromatic N) is 1. The molecular formula is C45H97NO6Si2. The SMILES string of the molecule is CCCCCCCCCCCCCCCCCCN(CCCCCCCCCCCCCCCCCC)C(CC)([Si](OC)(OC)OC)[Si](OC)(OC)OC. The molecule has 0 radical (unpaired) electrons. The predicted octanol–water partition coefficient (Wildman–Crippen LogP) is 13.8. The molecule has 0 aromatic heterocycles. The average Bonchev–Trinajstić information content (AvgIpc) is 3.20. The van der Waals surface area contributed by atoms with E-state index in [1.807, 2.05) is 0 Å². The van der Waals surface area contributed by atoms with Gasteiger partial charge in [0, 0.05) is 42.7 Å². The van der Waals surface area contributed by atoms with E-state index in [1.54, 1.807) is 42.7 Å². The zero-order valence-electron chi connectivity index (χ0n) is 38.1. The Morgan fingerprint density at radius 1 is 0.296 bits per heavy atom. The first-order valence-corrected chi connectivity index (χ1v) is 27.0. The van der Waals surface area contributed by atoms with Crippen LogP contribution in [0.15, 0.2) is 0 Å². The Hall–Kier alpha value is 0.154. The third kappa shape index (κ3) is 20.7. The molecule has 0 aromatic rings. The summed E-state index contributed by atoms with van der Waals surface area (Å²) < 4.78 is 37.8. The van der Waals surface area contributed by atoms with Gasteiger partial charge in [-0.3, -0.25) is 4.90 Å². The summed E-state index contributed by atoms with van der Waals surface area (Å²) in [6.45, 7) is 8.62. The molecule has 0 atom stereocenters. The van der Waals surface area contributed by atoms with Crippen LogP contribution in [-0.4, -0.2) is 83.0 Å². The van der Waals surface area contributed by atoms with Crippen molar-refractivity contribution in [3.8, 4) is 0 Å². The molecule has 0 aromatic carbocycles. The number of hydrogen-bond donors (Lipinski definition) is 0. The molecule has 0 spiro atoms. The molecule has 54 heavy (non-hydrogen) atoms. The van der Waals surface area contributed by atoms with Crippen LogP contribution in [0.5, 0.6) is 0 Å². The van der Waals surface area contributed by atoms with Crippen LogP contribution in [0.4, 0.5) is 0 Å². The van der Waals surface area contributed by atoms with Crippen molar-refractivity contribution in [2.24, 2.45) is 0 Å². The minimum Gasteiger partial charge on any atom is -0.376 e. The van der Waals surface area contributed by atoms with Crippen molar-refractivity contribution in [3.05, 3.63) is 0 Å². The van der Waals surface area contributed by atoms with E-state index >= 15 is 0 Å². The Balaban J connectivity index is 5.02. The van der Waals surface area contributed by atoms with Crippen LogP contribution < -0.4 is 0 Å².